The first-order valence-electron chi connectivity index (χ1n) is 2.77. The van der Waals surface area contributed by atoms with Crippen LogP contribution in [0.4, 0.5) is 0 Å². The van der Waals surface area contributed by atoms with Gasteiger partial charge in [0.25, 0.3) is 0 Å². The fourth-order valence-electron chi connectivity index (χ4n) is 0.895. The second-order valence-electron chi connectivity index (χ2n) is 1.99. The van der Waals surface area contributed by atoms with Gasteiger partial charge in [-0.3, -0.25) is 4.79 Å². The van der Waals surface area contributed by atoms with Gasteiger partial charge < -0.3 is 10.4 Å². The van der Waals surface area contributed by atoms with Crippen LogP contribution in [0.15, 0.2) is 0 Å². The number of carbonyl (C=O) groups is 1. The number of hydrogen-bond donors (Lipinski definition) is 2. The van der Waals surface area contributed by atoms with E-state index >= 15 is 0 Å². The van der Waals surface area contributed by atoms with E-state index in [4.69, 9.17) is 5.11 Å². The molecule has 0 radical (unpaired) electrons. The zero-order valence-electron chi connectivity index (χ0n) is 4.82. The van der Waals surface area contributed by atoms with Crippen molar-refractivity contribution in [3.63, 3.8) is 0 Å². The molecule has 0 unspecified atom stereocenters. The van der Waals surface area contributed by atoms with Gasteiger partial charge in [0.1, 0.15) is 6.04 Å². The average molecular weight is 288 g/mol. The van der Waals surface area contributed by atoms with E-state index in [-0.39, 0.29) is 53.0 Å². The van der Waals surface area contributed by atoms with Crippen molar-refractivity contribution in [3.8, 4) is 0 Å². The van der Waals surface area contributed by atoms with Gasteiger partial charge in [-0.1, -0.05) is 0 Å². The molecular formula is C5H9NO2Yb. The standard InChI is InChI=1S/C5H9NO2.Yb/c7-5(8)4-2-1-3-6-4;/h4,6H,1-3H2,(H,7,8);/t4-;/m0./s1. The van der Waals surface area contributed by atoms with E-state index in [1.165, 1.54) is 0 Å². The van der Waals surface area contributed by atoms with E-state index < -0.39 is 5.97 Å². The summed E-state index contributed by atoms with van der Waals surface area (Å²) in [6.45, 7) is 0.858. The van der Waals surface area contributed by atoms with Gasteiger partial charge in [0.15, 0.2) is 0 Å². The Morgan fingerprint density at radius 3 is 2.56 bits per heavy atom. The van der Waals surface area contributed by atoms with Crippen LogP contribution >= 0.6 is 0 Å². The minimum atomic E-state index is -0.720. The molecule has 0 spiro atoms. The van der Waals surface area contributed by atoms with Crippen molar-refractivity contribution in [1.29, 1.82) is 0 Å². The van der Waals surface area contributed by atoms with E-state index in [0.29, 0.717) is 0 Å². The van der Waals surface area contributed by atoms with Crippen molar-refractivity contribution in [3.05, 3.63) is 0 Å². The molecule has 1 aliphatic rings. The van der Waals surface area contributed by atoms with Gasteiger partial charge in [0.05, 0.1) is 0 Å². The molecule has 0 aromatic rings. The summed E-state index contributed by atoms with van der Waals surface area (Å²) in [5.41, 5.74) is 0. The minimum Gasteiger partial charge on any atom is -0.480 e. The monoisotopic (exact) mass is 289 g/mol. The van der Waals surface area contributed by atoms with Crippen LogP contribution in [0.3, 0.4) is 0 Å². The molecule has 1 atom stereocenters. The van der Waals surface area contributed by atoms with Gasteiger partial charge in [-0.2, -0.15) is 0 Å². The summed E-state index contributed by atoms with van der Waals surface area (Å²) in [6, 6.07) is -0.269. The van der Waals surface area contributed by atoms with Gasteiger partial charge in [0, 0.05) is 46.9 Å². The van der Waals surface area contributed by atoms with E-state index in [9.17, 15) is 4.79 Å². The molecule has 0 saturated carbocycles. The predicted octanol–water partition coefficient (Wildman–Crippen LogP) is -0.177. The molecule has 60 valence electrons. The molecule has 1 rings (SSSR count). The summed E-state index contributed by atoms with van der Waals surface area (Å²) in [5.74, 6) is -0.720. The Morgan fingerprint density at radius 1 is 1.67 bits per heavy atom. The van der Waals surface area contributed by atoms with Crippen LogP contribution in [-0.4, -0.2) is 23.7 Å². The molecule has 4 heteroatoms. The normalized spacial score (nSPS) is 25.1. The second-order valence-corrected chi connectivity index (χ2v) is 1.99. The van der Waals surface area contributed by atoms with Crippen molar-refractivity contribution >= 4 is 5.97 Å². The molecule has 0 aromatic heterocycles. The second kappa shape index (κ2) is 4.72. The van der Waals surface area contributed by atoms with Crippen molar-refractivity contribution in [1.82, 2.24) is 5.32 Å². The van der Waals surface area contributed by atoms with E-state index in [1.807, 2.05) is 0 Å². The van der Waals surface area contributed by atoms with Crippen LogP contribution in [0.25, 0.3) is 0 Å². The van der Waals surface area contributed by atoms with Crippen LogP contribution in [0.5, 0.6) is 0 Å². The summed E-state index contributed by atoms with van der Waals surface area (Å²) in [5, 5.41) is 11.2. The number of carboxylic acid groups (broad SMARTS) is 1. The first-order valence-corrected chi connectivity index (χ1v) is 2.77. The molecule has 1 saturated heterocycles. The van der Waals surface area contributed by atoms with Gasteiger partial charge in [-0.05, 0) is 19.4 Å². The molecule has 2 N–H and O–H groups in total. The van der Waals surface area contributed by atoms with Gasteiger partial charge in [-0.25, -0.2) is 0 Å². The van der Waals surface area contributed by atoms with Crippen molar-refractivity contribution in [2.24, 2.45) is 0 Å². The molecule has 0 aromatic carbocycles. The maximum absolute atomic E-state index is 10.1. The Kier molecular flexibility index (Phi) is 5.21. The van der Waals surface area contributed by atoms with Crippen LogP contribution in [0.1, 0.15) is 12.8 Å². The number of nitrogens with one attached hydrogen (secondary N) is 1. The molecular weight excluding hydrogens is 279 g/mol. The number of carboxylic acids is 1. The van der Waals surface area contributed by atoms with Crippen molar-refractivity contribution < 1.29 is 56.8 Å². The molecule has 1 fully saturated rings. The minimum absolute atomic E-state index is 0. The zero-order chi connectivity index (χ0) is 5.98. The topological polar surface area (TPSA) is 49.3 Å². The fourth-order valence-corrected chi connectivity index (χ4v) is 0.895. The molecule has 0 amide bonds. The summed E-state index contributed by atoms with van der Waals surface area (Å²) >= 11 is 0. The van der Waals surface area contributed by atoms with Crippen LogP contribution in [0, 0.1) is 46.9 Å². The summed E-state index contributed by atoms with van der Waals surface area (Å²) < 4.78 is 0. The van der Waals surface area contributed by atoms with Crippen molar-refractivity contribution in [2.45, 2.75) is 18.9 Å². The maximum atomic E-state index is 10.1. The zero-order valence-corrected chi connectivity index (χ0v) is 6.54. The number of aliphatic carboxylic acids is 1. The first-order chi connectivity index (χ1) is 3.80. The Morgan fingerprint density at radius 2 is 2.33 bits per heavy atom. The summed E-state index contributed by atoms with van der Waals surface area (Å²) in [7, 11) is 0. The maximum Gasteiger partial charge on any atom is 0.320 e. The Hall–Kier alpha value is 0.949. The summed E-state index contributed by atoms with van der Waals surface area (Å²) in [4.78, 5) is 10.1. The molecule has 3 nitrogen and oxygen atoms in total. The van der Waals surface area contributed by atoms with Crippen molar-refractivity contribution in [2.75, 3.05) is 6.54 Å². The van der Waals surface area contributed by atoms with Gasteiger partial charge in [-0.15, -0.1) is 0 Å². The molecule has 1 aliphatic heterocycles. The van der Waals surface area contributed by atoms with E-state index in [2.05, 4.69) is 5.32 Å². The Balaban J connectivity index is 0.000000640. The molecule has 0 aliphatic carbocycles. The smallest absolute Gasteiger partial charge is 0.320 e. The Bertz CT molecular complexity index is 101. The molecule has 9 heavy (non-hydrogen) atoms. The quantitative estimate of drug-likeness (QED) is 0.704. The molecule has 1 heterocycles. The predicted molar refractivity (Wildman–Crippen MR) is 28.7 cm³/mol. The van der Waals surface area contributed by atoms with Crippen LogP contribution in [0.2, 0.25) is 0 Å². The third kappa shape index (κ3) is 3.03. The third-order valence-electron chi connectivity index (χ3n) is 1.36. The average Bonchev–Trinajstić information content (AvgIpc) is 2.12. The van der Waals surface area contributed by atoms with Crippen LogP contribution in [-0.2, 0) is 4.79 Å². The van der Waals surface area contributed by atoms with Crippen LogP contribution < -0.4 is 5.32 Å². The van der Waals surface area contributed by atoms with E-state index in [0.717, 1.165) is 19.4 Å². The van der Waals surface area contributed by atoms with Gasteiger partial charge >= 0.3 is 5.97 Å². The number of rotatable bonds is 1. The largest absolute Gasteiger partial charge is 0.480 e. The van der Waals surface area contributed by atoms with E-state index in [1.54, 1.807) is 0 Å². The first kappa shape index (κ1) is 9.95. The summed E-state index contributed by atoms with van der Waals surface area (Å²) in [6.07, 6.45) is 1.78. The Labute approximate surface area is 92.4 Å². The number of hydrogen-bond acceptors (Lipinski definition) is 2. The molecule has 0 bridgehead atoms. The van der Waals surface area contributed by atoms with Gasteiger partial charge in [0.2, 0.25) is 0 Å². The SMILES string of the molecule is O=C(O)[C@@H]1CCCN1.[Yb]. The fraction of sp³-hybridized carbons (Fsp3) is 0.800. The third-order valence-corrected chi connectivity index (χ3v) is 1.36.